The third-order valence-electron chi connectivity index (χ3n) is 5.48. The Morgan fingerprint density at radius 3 is 2.40 bits per heavy atom. The second kappa shape index (κ2) is 7.77. The monoisotopic (exact) mass is 282 g/mol. The summed E-state index contributed by atoms with van der Waals surface area (Å²) in [5.74, 6) is 0.429. The Balaban J connectivity index is 1.92. The van der Waals surface area contributed by atoms with Crippen molar-refractivity contribution in [2.45, 2.75) is 89.9 Å². The largest absolute Gasteiger partial charge is 0.393 e. The Bertz CT molecular complexity index is 274. The molecule has 3 heteroatoms. The maximum atomic E-state index is 10.0. The van der Waals surface area contributed by atoms with Gasteiger partial charge in [0, 0.05) is 31.2 Å². The molecule has 4 unspecified atom stereocenters. The number of rotatable bonds is 5. The standard InChI is InChI=1S/C17H34N2O/c1-4-13(2)19-11-15(14(3)20)10-17(12-19)18-16-8-6-5-7-9-16/h13-18,20H,4-12H2,1-3H3. The molecule has 2 aliphatic rings. The Hall–Kier alpha value is -0.120. The summed E-state index contributed by atoms with van der Waals surface area (Å²) in [7, 11) is 0. The van der Waals surface area contributed by atoms with E-state index in [9.17, 15) is 5.11 Å². The number of piperidine rings is 1. The SMILES string of the molecule is CCC(C)N1CC(NC2CCCCC2)CC(C(C)O)C1. The fourth-order valence-corrected chi connectivity index (χ4v) is 3.86. The lowest BCUT2D eigenvalue weighted by Gasteiger charge is -2.43. The lowest BCUT2D eigenvalue weighted by molar-refractivity contribution is 0.0284. The molecule has 20 heavy (non-hydrogen) atoms. The first-order chi connectivity index (χ1) is 9.60. The highest BCUT2D eigenvalue weighted by molar-refractivity contribution is 4.89. The van der Waals surface area contributed by atoms with Crippen LogP contribution in [0.2, 0.25) is 0 Å². The number of nitrogens with zero attached hydrogens (tertiary/aromatic N) is 1. The molecule has 0 bridgehead atoms. The third-order valence-corrected chi connectivity index (χ3v) is 5.48. The van der Waals surface area contributed by atoms with Crippen LogP contribution in [0.15, 0.2) is 0 Å². The summed E-state index contributed by atoms with van der Waals surface area (Å²) in [5, 5.41) is 13.9. The number of hydrogen-bond donors (Lipinski definition) is 2. The van der Waals surface area contributed by atoms with E-state index in [1.807, 2.05) is 6.92 Å². The van der Waals surface area contributed by atoms with E-state index in [2.05, 4.69) is 24.1 Å². The van der Waals surface area contributed by atoms with Crippen LogP contribution in [-0.2, 0) is 0 Å². The zero-order valence-corrected chi connectivity index (χ0v) is 13.6. The second-order valence-corrected chi connectivity index (χ2v) is 7.15. The molecule has 1 aliphatic carbocycles. The minimum atomic E-state index is -0.183. The predicted molar refractivity (Wildman–Crippen MR) is 84.9 cm³/mol. The highest BCUT2D eigenvalue weighted by atomic mass is 16.3. The number of hydrogen-bond acceptors (Lipinski definition) is 3. The van der Waals surface area contributed by atoms with E-state index >= 15 is 0 Å². The lowest BCUT2D eigenvalue weighted by atomic mass is 9.87. The van der Waals surface area contributed by atoms with Crippen molar-refractivity contribution in [1.29, 1.82) is 0 Å². The normalized spacial score (nSPS) is 33.0. The minimum Gasteiger partial charge on any atom is -0.393 e. The molecule has 0 radical (unpaired) electrons. The minimum absolute atomic E-state index is 0.183. The van der Waals surface area contributed by atoms with Crippen molar-refractivity contribution >= 4 is 0 Å². The number of aliphatic hydroxyl groups excluding tert-OH is 1. The molecule has 0 spiro atoms. The molecule has 0 amide bonds. The van der Waals surface area contributed by atoms with Gasteiger partial charge in [0.15, 0.2) is 0 Å². The van der Waals surface area contributed by atoms with Gasteiger partial charge in [-0.3, -0.25) is 4.90 Å². The van der Waals surface area contributed by atoms with E-state index in [0.29, 0.717) is 18.0 Å². The van der Waals surface area contributed by atoms with Crippen LogP contribution in [0, 0.1) is 5.92 Å². The molecular weight excluding hydrogens is 248 g/mol. The Labute approximate surface area is 125 Å². The van der Waals surface area contributed by atoms with Gasteiger partial charge in [0.25, 0.3) is 0 Å². The molecule has 1 saturated carbocycles. The van der Waals surface area contributed by atoms with Crippen LogP contribution in [0.25, 0.3) is 0 Å². The highest BCUT2D eigenvalue weighted by Crippen LogP contribution is 2.25. The van der Waals surface area contributed by atoms with Crippen molar-refractivity contribution in [3.63, 3.8) is 0 Å². The van der Waals surface area contributed by atoms with Gasteiger partial charge in [-0.15, -0.1) is 0 Å². The Morgan fingerprint density at radius 1 is 1.10 bits per heavy atom. The van der Waals surface area contributed by atoms with Gasteiger partial charge in [-0.1, -0.05) is 26.2 Å². The predicted octanol–water partition coefficient (Wildman–Crippen LogP) is 2.78. The van der Waals surface area contributed by atoms with Crippen molar-refractivity contribution in [1.82, 2.24) is 10.2 Å². The van der Waals surface area contributed by atoms with Gasteiger partial charge in [0.1, 0.15) is 0 Å². The van der Waals surface area contributed by atoms with E-state index in [0.717, 1.165) is 25.6 Å². The molecule has 4 atom stereocenters. The summed E-state index contributed by atoms with van der Waals surface area (Å²) in [6, 6.07) is 1.92. The molecular formula is C17H34N2O. The molecule has 2 rings (SSSR count). The molecule has 2 fully saturated rings. The van der Waals surface area contributed by atoms with E-state index in [1.54, 1.807) is 0 Å². The maximum absolute atomic E-state index is 10.0. The zero-order chi connectivity index (χ0) is 14.5. The Morgan fingerprint density at radius 2 is 1.80 bits per heavy atom. The molecule has 1 saturated heterocycles. The zero-order valence-electron chi connectivity index (χ0n) is 13.6. The lowest BCUT2D eigenvalue weighted by Crippen LogP contribution is -2.55. The van der Waals surface area contributed by atoms with Crippen molar-refractivity contribution in [3.8, 4) is 0 Å². The van der Waals surface area contributed by atoms with Crippen LogP contribution in [-0.4, -0.2) is 47.3 Å². The second-order valence-electron chi connectivity index (χ2n) is 7.15. The summed E-state index contributed by atoms with van der Waals surface area (Å²) in [4.78, 5) is 2.58. The van der Waals surface area contributed by atoms with Crippen molar-refractivity contribution in [2.24, 2.45) is 5.92 Å². The van der Waals surface area contributed by atoms with Gasteiger partial charge < -0.3 is 10.4 Å². The maximum Gasteiger partial charge on any atom is 0.0553 e. The fourth-order valence-electron chi connectivity index (χ4n) is 3.86. The van der Waals surface area contributed by atoms with Gasteiger partial charge in [0.05, 0.1) is 6.10 Å². The summed E-state index contributed by atoms with van der Waals surface area (Å²) >= 11 is 0. The summed E-state index contributed by atoms with van der Waals surface area (Å²) in [5.41, 5.74) is 0. The summed E-state index contributed by atoms with van der Waals surface area (Å²) in [6.07, 6.45) is 9.04. The molecule has 118 valence electrons. The van der Waals surface area contributed by atoms with Crippen molar-refractivity contribution in [2.75, 3.05) is 13.1 Å². The van der Waals surface area contributed by atoms with E-state index in [-0.39, 0.29) is 6.10 Å². The van der Waals surface area contributed by atoms with Crippen LogP contribution in [0.1, 0.15) is 65.7 Å². The summed E-state index contributed by atoms with van der Waals surface area (Å²) < 4.78 is 0. The van der Waals surface area contributed by atoms with Crippen molar-refractivity contribution < 1.29 is 5.11 Å². The van der Waals surface area contributed by atoms with Gasteiger partial charge in [-0.2, -0.15) is 0 Å². The van der Waals surface area contributed by atoms with Gasteiger partial charge >= 0.3 is 0 Å². The van der Waals surface area contributed by atoms with Gasteiger partial charge in [-0.25, -0.2) is 0 Å². The molecule has 1 aliphatic heterocycles. The molecule has 0 aromatic rings. The first-order valence-electron chi connectivity index (χ1n) is 8.78. The first kappa shape index (κ1) is 16.3. The first-order valence-corrected chi connectivity index (χ1v) is 8.78. The topological polar surface area (TPSA) is 35.5 Å². The number of nitrogens with one attached hydrogen (secondary N) is 1. The van der Waals surface area contributed by atoms with Crippen LogP contribution < -0.4 is 5.32 Å². The van der Waals surface area contributed by atoms with Crippen molar-refractivity contribution in [3.05, 3.63) is 0 Å². The number of aliphatic hydroxyl groups is 1. The molecule has 2 N–H and O–H groups in total. The molecule has 3 nitrogen and oxygen atoms in total. The van der Waals surface area contributed by atoms with Crippen LogP contribution in [0.4, 0.5) is 0 Å². The van der Waals surface area contributed by atoms with Crippen LogP contribution in [0.5, 0.6) is 0 Å². The average molecular weight is 282 g/mol. The molecule has 1 heterocycles. The van der Waals surface area contributed by atoms with E-state index in [4.69, 9.17) is 0 Å². The van der Waals surface area contributed by atoms with Gasteiger partial charge in [-0.05, 0) is 45.4 Å². The Kier molecular flexibility index (Phi) is 6.31. The van der Waals surface area contributed by atoms with Crippen LogP contribution >= 0.6 is 0 Å². The fraction of sp³-hybridized carbons (Fsp3) is 1.00. The van der Waals surface area contributed by atoms with E-state index in [1.165, 1.54) is 38.5 Å². The average Bonchev–Trinajstić information content (AvgIpc) is 2.47. The van der Waals surface area contributed by atoms with Gasteiger partial charge in [0.2, 0.25) is 0 Å². The number of likely N-dealkylation sites (tertiary alicyclic amines) is 1. The molecule has 0 aromatic carbocycles. The highest BCUT2D eigenvalue weighted by Gasteiger charge is 2.32. The smallest absolute Gasteiger partial charge is 0.0553 e. The molecule has 0 aromatic heterocycles. The van der Waals surface area contributed by atoms with Crippen LogP contribution in [0.3, 0.4) is 0 Å². The third kappa shape index (κ3) is 4.44. The quantitative estimate of drug-likeness (QED) is 0.814. The summed E-state index contributed by atoms with van der Waals surface area (Å²) in [6.45, 7) is 8.77. The van der Waals surface area contributed by atoms with E-state index < -0.39 is 0 Å².